The molecule has 0 bridgehead atoms. The molecule has 0 saturated heterocycles. The first-order valence-corrected chi connectivity index (χ1v) is 3.78. The van der Waals surface area contributed by atoms with Crippen LogP contribution in [0.5, 0.6) is 5.88 Å². The Labute approximate surface area is 86.1 Å². The third-order valence-corrected chi connectivity index (χ3v) is 1.41. The Morgan fingerprint density at radius 1 is 1.31 bits per heavy atom. The predicted octanol–water partition coefficient (Wildman–Crippen LogP) is 2.79. The lowest BCUT2D eigenvalue weighted by atomic mass is 10.2. The molecule has 0 amide bonds. The number of nitrogens with zero attached hydrogens (tertiary/aromatic N) is 2. The van der Waals surface area contributed by atoms with Gasteiger partial charge in [0.05, 0.1) is 0 Å². The topological polar surface area (TPSA) is 45.9 Å². The molecule has 0 unspecified atom stereocenters. The van der Waals surface area contributed by atoms with Crippen LogP contribution in [0.2, 0.25) is 0 Å². The lowest BCUT2D eigenvalue weighted by Crippen LogP contribution is -2.18. The second kappa shape index (κ2) is 4.30. The minimum absolute atomic E-state index is 0.430. The van der Waals surface area contributed by atoms with Crippen molar-refractivity contribution in [1.82, 2.24) is 4.98 Å². The minimum Gasteiger partial charge on any atom is -0.388 e. The Morgan fingerprint density at radius 2 is 1.94 bits per heavy atom. The second-order valence-electron chi connectivity index (χ2n) is 2.58. The standard InChI is InChI=1S/C8H3F5N2O/c9-7(10)4-1-5(3-14)15-6(2-4)16-8(11,12)13/h1-2,7H. The van der Waals surface area contributed by atoms with E-state index in [-0.39, 0.29) is 0 Å². The summed E-state index contributed by atoms with van der Waals surface area (Å²) in [6, 6.07) is 2.47. The van der Waals surface area contributed by atoms with Crippen LogP contribution >= 0.6 is 0 Å². The highest BCUT2D eigenvalue weighted by Gasteiger charge is 2.32. The number of nitriles is 1. The fraction of sp³-hybridized carbons (Fsp3) is 0.250. The Hall–Kier alpha value is -1.91. The summed E-state index contributed by atoms with van der Waals surface area (Å²) in [6.45, 7) is 0. The summed E-state index contributed by atoms with van der Waals surface area (Å²) < 4.78 is 63.1. The Bertz CT molecular complexity index is 423. The maximum absolute atomic E-state index is 12.2. The molecule has 86 valence electrons. The molecule has 0 aromatic carbocycles. The van der Waals surface area contributed by atoms with Crippen molar-refractivity contribution in [3.05, 3.63) is 23.4 Å². The zero-order valence-electron chi connectivity index (χ0n) is 7.42. The minimum atomic E-state index is -5.04. The fourth-order valence-electron chi connectivity index (χ4n) is 0.879. The molecule has 0 aliphatic carbocycles. The molecule has 0 N–H and O–H groups in total. The number of halogens is 5. The molecule has 1 heterocycles. The van der Waals surface area contributed by atoms with Gasteiger partial charge in [-0.05, 0) is 6.07 Å². The summed E-state index contributed by atoms with van der Waals surface area (Å²) in [5.41, 5.74) is -1.33. The second-order valence-corrected chi connectivity index (χ2v) is 2.58. The van der Waals surface area contributed by atoms with Gasteiger partial charge in [0.1, 0.15) is 11.8 Å². The number of ether oxygens (including phenoxy) is 1. The van der Waals surface area contributed by atoms with Gasteiger partial charge in [-0.15, -0.1) is 13.2 Å². The van der Waals surface area contributed by atoms with E-state index in [0.29, 0.717) is 12.1 Å². The van der Waals surface area contributed by atoms with Crippen LogP contribution in [0.15, 0.2) is 12.1 Å². The van der Waals surface area contributed by atoms with Crippen molar-refractivity contribution in [3.8, 4) is 11.9 Å². The molecule has 0 spiro atoms. The molecular weight excluding hydrogens is 235 g/mol. The molecule has 0 radical (unpaired) electrons. The van der Waals surface area contributed by atoms with Gasteiger partial charge in [0.15, 0.2) is 0 Å². The lowest BCUT2D eigenvalue weighted by Gasteiger charge is -2.09. The van der Waals surface area contributed by atoms with Crippen molar-refractivity contribution in [2.24, 2.45) is 0 Å². The molecule has 0 fully saturated rings. The normalized spacial score (nSPS) is 11.3. The van der Waals surface area contributed by atoms with Crippen LogP contribution in [-0.2, 0) is 0 Å². The van der Waals surface area contributed by atoms with Gasteiger partial charge >= 0.3 is 6.36 Å². The highest BCUT2D eigenvalue weighted by Crippen LogP contribution is 2.26. The summed E-state index contributed by atoms with van der Waals surface area (Å²) >= 11 is 0. The van der Waals surface area contributed by atoms with Crippen molar-refractivity contribution >= 4 is 0 Å². The maximum atomic E-state index is 12.2. The van der Waals surface area contributed by atoms with Gasteiger partial charge in [-0.2, -0.15) is 5.26 Å². The van der Waals surface area contributed by atoms with E-state index in [1.54, 1.807) is 0 Å². The number of hydrogen-bond acceptors (Lipinski definition) is 3. The summed E-state index contributed by atoms with van der Waals surface area (Å²) in [7, 11) is 0. The molecule has 1 aromatic heterocycles. The van der Waals surface area contributed by atoms with Crippen LogP contribution in [0.25, 0.3) is 0 Å². The molecule has 16 heavy (non-hydrogen) atoms. The molecule has 8 heteroatoms. The summed E-state index contributed by atoms with van der Waals surface area (Å²) in [5.74, 6) is -1.08. The first-order valence-electron chi connectivity index (χ1n) is 3.78. The summed E-state index contributed by atoms with van der Waals surface area (Å²) in [6.07, 6.45) is -8.05. The van der Waals surface area contributed by atoms with Crippen LogP contribution in [0.4, 0.5) is 22.0 Å². The van der Waals surface area contributed by atoms with Crippen LogP contribution in [0.3, 0.4) is 0 Å². The zero-order chi connectivity index (χ0) is 12.3. The van der Waals surface area contributed by atoms with Crippen molar-refractivity contribution in [3.63, 3.8) is 0 Å². The van der Waals surface area contributed by atoms with E-state index in [9.17, 15) is 22.0 Å². The van der Waals surface area contributed by atoms with Crippen molar-refractivity contribution < 1.29 is 26.7 Å². The molecule has 0 aliphatic heterocycles. The highest BCUT2D eigenvalue weighted by atomic mass is 19.4. The number of alkyl halides is 5. The van der Waals surface area contributed by atoms with E-state index in [1.807, 2.05) is 0 Å². The van der Waals surface area contributed by atoms with Crippen LogP contribution in [0.1, 0.15) is 17.7 Å². The molecule has 0 aliphatic rings. The SMILES string of the molecule is N#Cc1cc(C(F)F)cc(OC(F)(F)F)n1. The van der Waals surface area contributed by atoms with E-state index in [2.05, 4.69) is 9.72 Å². The Balaban J connectivity index is 3.11. The van der Waals surface area contributed by atoms with E-state index < -0.39 is 29.9 Å². The smallest absolute Gasteiger partial charge is 0.388 e. The van der Waals surface area contributed by atoms with Crippen LogP contribution in [-0.4, -0.2) is 11.3 Å². The predicted molar refractivity (Wildman–Crippen MR) is 40.6 cm³/mol. The van der Waals surface area contributed by atoms with Crippen molar-refractivity contribution in [2.45, 2.75) is 12.8 Å². The molecule has 1 aromatic rings. The number of aromatic nitrogens is 1. The van der Waals surface area contributed by atoms with Gasteiger partial charge in [0.2, 0.25) is 5.88 Å². The molecular formula is C8H3F5N2O. The third kappa shape index (κ3) is 3.34. The van der Waals surface area contributed by atoms with Gasteiger partial charge < -0.3 is 4.74 Å². The fourth-order valence-corrected chi connectivity index (χ4v) is 0.879. The van der Waals surface area contributed by atoms with E-state index in [0.717, 1.165) is 0 Å². The first-order chi connectivity index (χ1) is 7.31. The maximum Gasteiger partial charge on any atom is 0.574 e. The number of hydrogen-bond donors (Lipinski definition) is 0. The van der Waals surface area contributed by atoms with Gasteiger partial charge in [-0.1, -0.05) is 0 Å². The van der Waals surface area contributed by atoms with Crippen LogP contribution in [0, 0.1) is 11.3 Å². The zero-order valence-corrected chi connectivity index (χ0v) is 7.42. The highest BCUT2D eigenvalue weighted by molar-refractivity contribution is 5.32. The van der Waals surface area contributed by atoms with Crippen molar-refractivity contribution in [1.29, 1.82) is 5.26 Å². The molecule has 0 atom stereocenters. The number of pyridine rings is 1. The Morgan fingerprint density at radius 3 is 2.38 bits per heavy atom. The Kier molecular flexibility index (Phi) is 3.27. The molecule has 0 saturated carbocycles. The quantitative estimate of drug-likeness (QED) is 0.744. The van der Waals surface area contributed by atoms with Crippen molar-refractivity contribution in [2.75, 3.05) is 0 Å². The average Bonchev–Trinajstić information content (AvgIpc) is 2.14. The monoisotopic (exact) mass is 238 g/mol. The van der Waals surface area contributed by atoms with Gasteiger partial charge in [-0.25, -0.2) is 13.8 Å². The third-order valence-electron chi connectivity index (χ3n) is 1.41. The van der Waals surface area contributed by atoms with Crippen LogP contribution < -0.4 is 4.74 Å². The molecule has 1 rings (SSSR count). The largest absolute Gasteiger partial charge is 0.574 e. The lowest BCUT2D eigenvalue weighted by molar-refractivity contribution is -0.276. The average molecular weight is 238 g/mol. The molecule has 3 nitrogen and oxygen atoms in total. The van der Waals surface area contributed by atoms with E-state index in [4.69, 9.17) is 5.26 Å². The number of rotatable bonds is 2. The van der Waals surface area contributed by atoms with E-state index >= 15 is 0 Å². The summed E-state index contributed by atoms with van der Waals surface area (Å²) in [4.78, 5) is 3.08. The summed E-state index contributed by atoms with van der Waals surface area (Å²) in [5, 5.41) is 8.37. The first kappa shape index (κ1) is 12.2. The van der Waals surface area contributed by atoms with Gasteiger partial charge in [-0.3, -0.25) is 0 Å². The van der Waals surface area contributed by atoms with Gasteiger partial charge in [0, 0.05) is 11.6 Å². The van der Waals surface area contributed by atoms with Gasteiger partial charge in [0.25, 0.3) is 6.43 Å². The van der Waals surface area contributed by atoms with E-state index in [1.165, 1.54) is 6.07 Å².